The fraction of sp³-hybridized carbons (Fsp3) is 0.846. The van der Waals surface area contributed by atoms with Crippen molar-refractivity contribution in [2.45, 2.75) is 44.8 Å². The smallest absolute Gasteiger partial charge is 0.244 e. The van der Waals surface area contributed by atoms with Gasteiger partial charge < -0.3 is 15.4 Å². The van der Waals surface area contributed by atoms with Crippen LogP contribution in [0.5, 0.6) is 0 Å². The van der Waals surface area contributed by atoms with E-state index in [0.717, 1.165) is 50.7 Å². The Hall–Kier alpha value is -1.14. The van der Waals surface area contributed by atoms with E-state index in [1.54, 1.807) is 0 Å². The number of hydrogen-bond acceptors (Lipinski definition) is 5. The Morgan fingerprint density at radius 3 is 3.00 bits per heavy atom. The van der Waals surface area contributed by atoms with Crippen LogP contribution in [0.2, 0.25) is 0 Å². The number of nitrogens with one attached hydrogen (secondary N) is 1. The number of rotatable bonds is 2. The highest BCUT2D eigenvalue weighted by molar-refractivity contribution is 5.30. The van der Waals surface area contributed by atoms with E-state index in [2.05, 4.69) is 27.0 Å². The van der Waals surface area contributed by atoms with Gasteiger partial charge in [-0.15, -0.1) is 5.10 Å². The van der Waals surface area contributed by atoms with Gasteiger partial charge in [-0.05, 0) is 31.6 Å². The van der Waals surface area contributed by atoms with Gasteiger partial charge in [0, 0.05) is 25.7 Å². The zero-order valence-corrected chi connectivity index (χ0v) is 11.5. The van der Waals surface area contributed by atoms with Crippen LogP contribution >= 0.6 is 0 Å². The quantitative estimate of drug-likeness (QED) is 0.840. The molecule has 0 saturated carbocycles. The second-order valence-corrected chi connectivity index (χ2v) is 5.75. The molecule has 6 heteroatoms. The van der Waals surface area contributed by atoms with E-state index < -0.39 is 0 Å². The summed E-state index contributed by atoms with van der Waals surface area (Å²) in [6, 6.07) is 0.210. The van der Waals surface area contributed by atoms with Crippen molar-refractivity contribution in [2.24, 2.45) is 11.7 Å². The Bertz CT molecular complexity index is 415. The summed E-state index contributed by atoms with van der Waals surface area (Å²) in [6.45, 7) is 4.86. The van der Waals surface area contributed by atoms with Crippen LogP contribution in [0, 0.1) is 5.92 Å². The van der Waals surface area contributed by atoms with Crippen LogP contribution in [-0.2, 0) is 4.74 Å². The lowest BCUT2D eigenvalue weighted by Crippen LogP contribution is -2.48. The fourth-order valence-electron chi connectivity index (χ4n) is 2.79. The minimum atomic E-state index is 0.0902. The van der Waals surface area contributed by atoms with Crippen LogP contribution in [0.25, 0.3) is 0 Å². The van der Waals surface area contributed by atoms with Gasteiger partial charge in [0.25, 0.3) is 0 Å². The summed E-state index contributed by atoms with van der Waals surface area (Å²) in [5, 5.41) is 7.36. The van der Waals surface area contributed by atoms with Crippen LogP contribution in [0.3, 0.4) is 0 Å². The Labute approximate surface area is 113 Å². The van der Waals surface area contributed by atoms with E-state index in [-0.39, 0.29) is 12.1 Å². The largest absolute Gasteiger partial charge is 0.370 e. The molecule has 0 spiro atoms. The molecule has 3 heterocycles. The molecule has 0 aliphatic carbocycles. The molecular formula is C13H23N5O. The number of aromatic nitrogens is 3. The summed E-state index contributed by atoms with van der Waals surface area (Å²) >= 11 is 0. The number of hydrogen-bond donors (Lipinski definition) is 2. The lowest BCUT2D eigenvalue weighted by atomic mass is 9.95. The van der Waals surface area contributed by atoms with Crippen LogP contribution in [0.15, 0.2) is 0 Å². The lowest BCUT2D eigenvalue weighted by molar-refractivity contribution is 0.00968. The van der Waals surface area contributed by atoms with E-state index in [1.165, 1.54) is 6.42 Å². The predicted octanol–water partition coefficient (Wildman–Crippen LogP) is 1.22. The van der Waals surface area contributed by atoms with Crippen molar-refractivity contribution in [1.29, 1.82) is 0 Å². The van der Waals surface area contributed by atoms with Gasteiger partial charge in [-0.3, -0.25) is 5.10 Å². The molecule has 106 valence electrons. The van der Waals surface area contributed by atoms with Crippen molar-refractivity contribution in [3.8, 4) is 0 Å². The molecule has 2 aliphatic heterocycles. The molecule has 3 N–H and O–H groups in total. The van der Waals surface area contributed by atoms with Crippen molar-refractivity contribution in [1.82, 2.24) is 15.2 Å². The first kappa shape index (κ1) is 12.9. The topological polar surface area (TPSA) is 80.1 Å². The van der Waals surface area contributed by atoms with Crippen molar-refractivity contribution in [2.75, 3.05) is 24.6 Å². The van der Waals surface area contributed by atoms with Gasteiger partial charge in [0.2, 0.25) is 5.95 Å². The first-order valence-electron chi connectivity index (χ1n) is 7.28. The molecule has 3 rings (SSSR count). The van der Waals surface area contributed by atoms with Gasteiger partial charge in [-0.25, -0.2) is 0 Å². The van der Waals surface area contributed by atoms with Crippen molar-refractivity contribution in [3.63, 3.8) is 0 Å². The molecule has 6 nitrogen and oxygen atoms in total. The van der Waals surface area contributed by atoms with Crippen LogP contribution in [0.1, 0.15) is 44.5 Å². The van der Waals surface area contributed by atoms with Gasteiger partial charge in [0.15, 0.2) is 5.82 Å². The van der Waals surface area contributed by atoms with Crippen LogP contribution in [0.4, 0.5) is 5.95 Å². The number of ether oxygens (including phenoxy) is 1. The van der Waals surface area contributed by atoms with Gasteiger partial charge >= 0.3 is 0 Å². The Balaban J connectivity index is 1.67. The standard InChI is InChI=1S/C13H23N5O/c1-9-5-6-18(8-10(9)14)13-15-12(16-17-13)11-4-2-3-7-19-11/h9-11H,2-8,14H2,1H3,(H,15,16,17). The van der Waals surface area contributed by atoms with Crippen molar-refractivity contribution < 1.29 is 4.74 Å². The number of piperidine rings is 1. The molecule has 1 aromatic rings. The summed E-state index contributed by atoms with van der Waals surface area (Å²) in [5.74, 6) is 2.21. The minimum Gasteiger partial charge on any atom is -0.370 e. The molecule has 2 fully saturated rings. The Morgan fingerprint density at radius 1 is 1.37 bits per heavy atom. The molecule has 0 radical (unpaired) electrons. The van der Waals surface area contributed by atoms with Gasteiger partial charge in [0.05, 0.1) is 0 Å². The maximum absolute atomic E-state index is 6.12. The first-order valence-corrected chi connectivity index (χ1v) is 7.28. The highest BCUT2D eigenvalue weighted by Crippen LogP contribution is 2.27. The molecule has 19 heavy (non-hydrogen) atoms. The average Bonchev–Trinajstić information content (AvgIpc) is 2.93. The summed E-state index contributed by atoms with van der Waals surface area (Å²) in [5.41, 5.74) is 6.12. The summed E-state index contributed by atoms with van der Waals surface area (Å²) in [7, 11) is 0. The fourth-order valence-corrected chi connectivity index (χ4v) is 2.79. The highest BCUT2D eigenvalue weighted by atomic mass is 16.5. The minimum absolute atomic E-state index is 0.0902. The number of H-pyrrole nitrogens is 1. The molecule has 3 atom stereocenters. The number of nitrogens with zero attached hydrogens (tertiary/aromatic N) is 3. The SMILES string of the molecule is CC1CCN(c2n[nH]c(C3CCCCO3)n2)CC1N. The number of aromatic amines is 1. The van der Waals surface area contributed by atoms with Crippen molar-refractivity contribution >= 4 is 5.95 Å². The molecule has 0 bridgehead atoms. The first-order chi connectivity index (χ1) is 9.24. The van der Waals surface area contributed by atoms with Crippen LogP contribution in [-0.4, -0.2) is 40.9 Å². The molecule has 3 unspecified atom stereocenters. The van der Waals surface area contributed by atoms with E-state index in [0.29, 0.717) is 5.92 Å². The van der Waals surface area contributed by atoms with Gasteiger partial charge in [0.1, 0.15) is 6.10 Å². The summed E-state index contributed by atoms with van der Waals surface area (Å²) in [4.78, 5) is 6.77. The van der Waals surface area contributed by atoms with E-state index in [1.807, 2.05) is 0 Å². The third-order valence-corrected chi connectivity index (χ3v) is 4.27. The second-order valence-electron chi connectivity index (χ2n) is 5.75. The maximum Gasteiger partial charge on any atom is 0.244 e. The van der Waals surface area contributed by atoms with E-state index in [9.17, 15) is 0 Å². The zero-order valence-electron chi connectivity index (χ0n) is 11.5. The molecular weight excluding hydrogens is 242 g/mol. The third kappa shape index (κ3) is 2.74. The van der Waals surface area contributed by atoms with Crippen molar-refractivity contribution in [3.05, 3.63) is 5.82 Å². The van der Waals surface area contributed by atoms with E-state index >= 15 is 0 Å². The number of nitrogens with two attached hydrogens (primary N) is 1. The second kappa shape index (κ2) is 5.46. The van der Waals surface area contributed by atoms with Crippen LogP contribution < -0.4 is 10.6 Å². The van der Waals surface area contributed by atoms with E-state index in [4.69, 9.17) is 10.5 Å². The highest BCUT2D eigenvalue weighted by Gasteiger charge is 2.27. The maximum atomic E-state index is 6.12. The van der Waals surface area contributed by atoms with Gasteiger partial charge in [-0.2, -0.15) is 4.98 Å². The monoisotopic (exact) mass is 265 g/mol. The normalized spacial score (nSPS) is 32.5. The zero-order chi connectivity index (χ0) is 13.2. The Morgan fingerprint density at radius 2 is 2.26 bits per heavy atom. The molecule has 2 saturated heterocycles. The average molecular weight is 265 g/mol. The number of anilines is 1. The predicted molar refractivity (Wildman–Crippen MR) is 72.9 cm³/mol. The summed E-state index contributed by atoms with van der Waals surface area (Å²) in [6.07, 6.45) is 4.58. The molecule has 1 aromatic heterocycles. The Kier molecular flexibility index (Phi) is 3.70. The molecule has 2 aliphatic rings. The molecule has 0 aromatic carbocycles. The molecule has 0 amide bonds. The summed E-state index contributed by atoms with van der Waals surface area (Å²) < 4.78 is 5.73. The third-order valence-electron chi connectivity index (χ3n) is 4.27. The van der Waals surface area contributed by atoms with Gasteiger partial charge in [-0.1, -0.05) is 6.92 Å². The lowest BCUT2D eigenvalue weighted by Gasteiger charge is -2.34.